The minimum absolute atomic E-state index is 0.457. The van der Waals surface area contributed by atoms with Gasteiger partial charge in [0.25, 0.3) is 0 Å². The second kappa shape index (κ2) is 5.48. The molecule has 1 heterocycles. The summed E-state index contributed by atoms with van der Waals surface area (Å²) in [6.07, 6.45) is 1.81. The normalized spacial score (nSPS) is 10.5. The Morgan fingerprint density at radius 2 is 1.88 bits per heavy atom. The van der Waals surface area contributed by atoms with Gasteiger partial charge in [-0.25, -0.2) is 9.97 Å². The lowest BCUT2D eigenvalue weighted by atomic mass is 10.1. The molecule has 0 amide bonds. The van der Waals surface area contributed by atoms with Crippen LogP contribution in [0.1, 0.15) is 19.2 Å². The van der Waals surface area contributed by atoms with E-state index in [0.717, 1.165) is 29.9 Å². The van der Waals surface area contributed by atoms with Crippen molar-refractivity contribution < 1.29 is 0 Å². The maximum atomic E-state index is 6.14. The summed E-state index contributed by atoms with van der Waals surface area (Å²) in [5.41, 5.74) is 1.66. The fraction of sp³-hybridized carbons (Fsp3) is 0.231. The summed E-state index contributed by atoms with van der Waals surface area (Å²) in [6.45, 7) is 2.08. The molecule has 0 aliphatic heterocycles. The van der Waals surface area contributed by atoms with Crippen LogP contribution in [0.5, 0.6) is 0 Å². The van der Waals surface area contributed by atoms with Crippen molar-refractivity contribution in [2.24, 2.45) is 0 Å². The van der Waals surface area contributed by atoms with Gasteiger partial charge in [0, 0.05) is 23.1 Å². The topological polar surface area (TPSA) is 25.8 Å². The number of nitrogens with zero attached hydrogens (tertiary/aromatic N) is 2. The van der Waals surface area contributed by atoms with Gasteiger partial charge in [-0.1, -0.05) is 48.3 Å². The van der Waals surface area contributed by atoms with Gasteiger partial charge in [0.2, 0.25) is 0 Å². The van der Waals surface area contributed by atoms with Crippen LogP contribution in [0.15, 0.2) is 30.3 Å². The van der Waals surface area contributed by atoms with Gasteiger partial charge in [0.15, 0.2) is 0 Å². The molecule has 0 aliphatic carbocycles. The smallest absolute Gasteiger partial charge is 0.133 e. The zero-order chi connectivity index (χ0) is 12.3. The number of aromatic nitrogens is 2. The van der Waals surface area contributed by atoms with Crippen LogP contribution < -0.4 is 0 Å². The Morgan fingerprint density at radius 1 is 1.12 bits per heavy atom. The van der Waals surface area contributed by atoms with Crippen LogP contribution >= 0.6 is 23.2 Å². The van der Waals surface area contributed by atoms with Gasteiger partial charge in [-0.05, 0) is 12.5 Å². The average Bonchev–Trinajstić information content (AvgIpc) is 2.29. The molecule has 1 aromatic carbocycles. The third-order valence-corrected chi connectivity index (χ3v) is 2.89. The first-order chi connectivity index (χ1) is 8.20. The van der Waals surface area contributed by atoms with Gasteiger partial charge >= 0.3 is 0 Å². The first-order valence-corrected chi connectivity index (χ1v) is 6.24. The molecule has 1 aromatic heterocycles. The second-order valence-corrected chi connectivity index (χ2v) is 4.52. The minimum atomic E-state index is 0.457. The highest BCUT2D eigenvalue weighted by atomic mass is 35.5. The van der Waals surface area contributed by atoms with E-state index in [4.69, 9.17) is 23.2 Å². The fourth-order valence-corrected chi connectivity index (χ4v) is 2.04. The zero-order valence-corrected chi connectivity index (χ0v) is 11.0. The maximum absolute atomic E-state index is 6.14. The Morgan fingerprint density at radius 3 is 2.59 bits per heavy atom. The maximum Gasteiger partial charge on any atom is 0.133 e. The highest BCUT2D eigenvalue weighted by molar-refractivity contribution is 6.33. The number of rotatable bonds is 3. The van der Waals surface area contributed by atoms with E-state index < -0.39 is 0 Å². The zero-order valence-electron chi connectivity index (χ0n) is 9.45. The molecule has 0 fully saturated rings. The van der Waals surface area contributed by atoms with Crippen molar-refractivity contribution in [3.63, 3.8) is 0 Å². The van der Waals surface area contributed by atoms with Gasteiger partial charge in [-0.3, -0.25) is 0 Å². The van der Waals surface area contributed by atoms with Crippen molar-refractivity contribution in [2.45, 2.75) is 19.8 Å². The first-order valence-electron chi connectivity index (χ1n) is 5.49. The summed E-state index contributed by atoms with van der Waals surface area (Å²) in [5, 5.41) is 1.13. The SMILES string of the molecule is CCCc1nc(Cl)cc(-c2ccccc2Cl)n1. The molecule has 88 valence electrons. The van der Waals surface area contributed by atoms with E-state index in [1.165, 1.54) is 0 Å². The third kappa shape index (κ3) is 2.96. The Bertz CT molecular complexity index is 527. The van der Waals surface area contributed by atoms with Crippen LogP contribution in [0, 0.1) is 0 Å². The number of hydrogen-bond donors (Lipinski definition) is 0. The molecule has 4 heteroatoms. The van der Waals surface area contributed by atoms with Gasteiger partial charge < -0.3 is 0 Å². The van der Waals surface area contributed by atoms with E-state index >= 15 is 0 Å². The molecule has 0 saturated carbocycles. The van der Waals surface area contributed by atoms with E-state index in [1.807, 2.05) is 24.3 Å². The van der Waals surface area contributed by atoms with E-state index in [1.54, 1.807) is 6.07 Å². The van der Waals surface area contributed by atoms with Crippen molar-refractivity contribution in [3.05, 3.63) is 46.3 Å². The van der Waals surface area contributed by atoms with Crippen LogP contribution in [0.2, 0.25) is 10.2 Å². The molecule has 0 atom stereocenters. The number of benzene rings is 1. The Kier molecular flexibility index (Phi) is 3.97. The van der Waals surface area contributed by atoms with E-state index in [9.17, 15) is 0 Å². The van der Waals surface area contributed by atoms with Gasteiger partial charge in [0.05, 0.1) is 5.69 Å². The highest BCUT2D eigenvalue weighted by Gasteiger charge is 2.07. The molecule has 0 radical (unpaired) electrons. The van der Waals surface area contributed by atoms with E-state index in [-0.39, 0.29) is 0 Å². The van der Waals surface area contributed by atoms with Crippen molar-refractivity contribution in [2.75, 3.05) is 0 Å². The summed E-state index contributed by atoms with van der Waals surface area (Å²) in [5.74, 6) is 0.759. The molecule has 0 spiro atoms. The quantitative estimate of drug-likeness (QED) is 0.770. The number of halogens is 2. The molecule has 0 unspecified atom stereocenters. The second-order valence-electron chi connectivity index (χ2n) is 3.72. The average molecular weight is 267 g/mol. The lowest BCUT2D eigenvalue weighted by Crippen LogP contribution is -1.97. The predicted octanol–water partition coefficient (Wildman–Crippen LogP) is 4.40. The lowest BCUT2D eigenvalue weighted by molar-refractivity contribution is 0.836. The Hall–Kier alpha value is -1.12. The summed E-state index contributed by atoms with van der Waals surface area (Å²) in [7, 11) is 0. The molecular weight excluding hydrogens is 255 g/mol. The molecule has 2 aromatic rings. The fourth-order valence-electron chi connectivity index (χ4n) is 1.61. The van der Waals surface area contributed by atoms with Crippen molar-refractivity contribution >= 4 is 23.2 Å². The van der Waals surface area contributed by atoms with Crippen LogP contribution in [0.3, 0.4) is 0 Å². The van der Waals surface area contributed by atoms with Crippen LogP contribution in [0.25, 0.3) is 11.3 Å². The van der Waals surface area contributed by atoms with Crippen molar-refractivity contribution in [1.82, 2.24) is 9.97 Å². The van der Waals surface area contributed by atoms with Crippen molar-refractivity contribution in [3.8, 4) is 11.3 Å². The lowest BCUT2D eigenvalue weighted by Gasteiger charge is -2.06. The minimum Gasteiger partial charge on any atom is -0.233 e. The van der Waals surface area contributed by atoms with Gasteiger partial charge in [-0.15, -0.1) is 0 Å². The van der Waals surface area contributed by atoms with Gasteiger partial charge in [-0.2, -0.15) is 0 Å². The van der Waals surface area contributed by atoms with E-state index in [2.05, 4.69) is 16.9 Å². The summed E-state index contributed by atoms with van der Waals surface area (Å²) < 4.78 is 0. The molecule has 17 heavy (non-hydrogen) atoms. The Balaban J connectivity index is 2.48. The van der Waals surface area contributed by atoms with Crippen LogP contribution in [0.4, 0.5) is 0 Å². The molecule has 2 nitrogen and oxygen atoms in total. The molecule has 0 bridgehead atoms. The monoisotopic (exact) mass is 266 g/mol. The number of hydrogen-bond acceptors (Lipinski definition) is 2. The Labute approximate surface area is 111 Å². The van der Waals surface area contributed by atoms with Crippen LogP contribution in [-0.4, -0.2) is 9.97 Å². The molecule has 0 N–H and O–H groups in total. The highest BCUT2D eigenvalue weighted by Crippen LogP contribution is 2.27. The third-order valence-electron chi connectivity index (χ3n) is 2.36. The number of aryl methyl sites for hydroxylation is 1. The van der Waals surface area contributed by atoms with E-state index in [0.29, 0.717) is 10.2 Å². The summed E-state index contributed by atoms with van der Waals surface area (Å²) >= 11 is 12.1. The van der Waals surface area contributed by atoms with Gasteiger partial charge in [0.1, 0.15) is 11.0 Å². The summed E-state index contributed by atoms with van der Waals surface area (Å²) in [6, 6.07) is 9.32. The summed E-state index contributed by atoms with van der Waals surface area (Å²) in [4.78, 5) is 8.66. The first kappa shape index (κ1) is 12.3. The van der Waals surface area contributed by atoms with Crippen molar-refractivity contribution in [1.29, 1.82) is 0 Å². The van der Waals surface area contributed by atoms with Crippen LogP contribution in [-0.2, 0) is 6.42 Å². The molecule has 2 rings (SSSR count). The standard InChI is InChI=1S/C13H12Cl2N2/c1-2-5-13-16-11(8-12(15)17-13)9-6-3-4-7-10(9)14/h3-4,6-8H,2,5H2,1H3. The molecule has 0 aliphatic rings. The molecular formula is C13H12Cl2N2. The largest absolute Gasteiger partial charge is 0.233 e. The predicted molar refractivity (Wildman–Crippen MR) is 71.5 cm³/mol. The molecule has 0 saturated heterocycles.